The molecule has 0 amide bonds. The topological polar surface area (TPSA) is 38.7 Å². The first kappa shape index (κ1) is 16.8. The van der Waals surface area contributed by atoms with Crippen molar-refractivity contribution >= 4 is 0 Å². The van der Waals surface area contributed by atoms with E-state index in [-0.39, 0.29) is 5.41 Å². The highest BCUT2D eigenvalue weighted by atomic mass is 16.5. The van der Waals surface area contributed by atoms with Crippen molar-refractivity contribution in [2.75, 3.05) is 14.2 Å². The van der Waals surface area contributed by atoms with Crippen molar-refractivity contribution in [1.29, 1.82) is 0 Å². The Hall–Kier alpha value is -1.22. The van der Waals surface area contributed by atoms with Crippen LogP contribution in [0.5, 0.6) is 11.5 Å². The summed E-state index contributed by atoms with van der Waals surface area (Å²) in [6.45, 7) is 8.84. The van der Waals surface area contributed by atoms with E-state index in [1.54, 1.807) is 14.2 Å². The molecule has 3 nitrogen and oxygen atoms in total. The first-order valence-electron chi connectivity index (χ1n) is 7.17. The number of methoxy groups -OCH3 is 2. The molecule has 0 aliphatic rings. The molecule has 1 aromatic carbocycles. The number of aliphatic hydroxyl groups is 1. The lowest BCUT2D eigenvalue weighted by Crippen LogP contribution is -2.14. The van der Waals surface area contributed by atoms with Gasteiger partial charge in [-0.05, 0) is 36.3 Å². The number of rotatable bonds is 6. The number of hydrogen-bond donors (Lipinski definition) is 1. The van der Waals surface area contributed by atoms with E-state index in [0.717, 1.165) is 12.0 Å². The largest absolute Gasteiger partial charge is 0.496 e. The molecule has 0 aliphatic carbocycles. The maximum Gasteiger partial charge on any atom is 0.128 e. The van der Waals surface area contributed by atoms with Gasteiger partial charge in [-0.2, -0.15) is 0 Å². The maximum absolute atomic E-state index is 10.6. The summed E-state index contributed by atoms with van der Waals surface area (Å²) in [5, 5.41) is 10.6. The van der Waals surface area contributed by atoms with Crippen LogP contribution >= 0.6 is 0 Å². The fourth-order valence-electron chi connectivity index (χ4n) is 2.84. The summed E-state index contributed by atoms with van der Waals surface area (Å²) in [4.78, 5) is 0. The van der Waals surface area contributed by atoms with Gasteiger partial charge in [0.15, 0.2) is 0 Å². The second-order valence-corrected chi connectivity index (χ2v) is 6.70. The van der Waals surface area contributed by atoms with Gasteiger partial charge in [0, 0.05) is 0 Å². The Labute approximate surface area is 122 Å². The molecule has 1 N–H and O–H groups in total. The third-order valence-corrected chi connectivity index (χ3v) is 3.39. The maximum atomic E-state index is 10.6. The summed E-state index contributed by atoms with van der Waals surface area (Å²) < 4.78 is 10.7. The van der Waals surface area contributed by atoms with Gasteiger partial charge >= 0.3 is 0 Å². The second kappa shape index (κ2) is 6.98. The predicted molar refractivity (Wildman–Crippen MR) is 82.4 cm³/mol. The zero-order chi connectivity index (χ0) is 15.3. The van der Waals surface area contributed by atoms with Gasteiger partial charge in [-0.15, -0.1) is 0 Å². The molecule has 20 heavy (non-hydrogen) atoms. The number of ether oxygens (including phenoxy) is 2. The van der Waals surface area contributed by atoms with E-state index in [4.69, 9.17) is 9.47 Å². The van der Waals surface area contributed by atoms with Crippen LogP contribution in [0, 0.1) is 11.3 Å². The average molecular weight is 280 g/mol. The first-order valence-corrected chi connectivity index (χ1v) is 7.17. The van der Waals surface area contributed by atoms with Crippen LogP contribution in [0.15, 0.2) is 18.2 Å². The zero-order valence-corrected chi connectivity index (χ0v) is 13.6. The molecule has 1 aromatic rings. The molecular weight excluding hydrogens is 252 g/mol. The minimum Gasteiger partial charge on any atom is -0.496 e. The lowest BCUT2D eigenvalue weighted by Gasteiger charge is -2.26. The average Bonchev–Trinajstić information content (AvgIpc) is 2.35. The van der Waals surface area contributed by atoms with Crippen molar-refractivity contribution in [3.05, 3.63) is 23.8 Å². The molecule has 0 heterocycles. The highest BCUT2D eigenvalue weighted by Crippen LogP contribution is 2.38. The summed E-state index contributed by atoms with van der Waals surface area (Å²) in [6.07, 6.45) is 1.20. The van der Waals surface area contributed by atoms with Gasteiger partial charge in [0.05, 0.1) is 25.9 Å². The van der Waals surface area contributed by atoms with Gasteiger partial charge in [-0.25, -0.2) is 0 Å². The minimum absolute atomic E-state index is 0.268. The molecule has 0 saturated carbocycles. The molecule has 0 spiro atoms. The Morgan fingerprint density at radius 1 is 1.10 bits per heavy atom. The summed E-state index contributed by atoms with van der Waals surface area (Å²) in [5.74, 6) is 1.79. The first-order chi connectivity index (χ1) is 9.28. The van der Waals surface area contributed by atoms with Gasteiger partial charge in [0.2, 0.25) is 0 Å². The summed E-state index contributed by atoms with van der Waals surface area (Å²) >= 11 is 0. The van der Waals surface area contributed by atoms with Crippen LogP contribution in [0.4, 0.5) is 0 Å². The van der Waals surface area contributed by atoms with Crippen LogP contribution in [-0.4, -0.2) is 19.3 Å². The molecule has 0 aromatic heterocycles. The summed E-state index contributed by atoms with van der Waals surface area (Å²) in [6, 6.07) is 5.58. The van der Waals surface area contributed by atoms with Gasteiger partial charge < -0.3 is 14.6 Å². The third kappa shape index (κ3) is 4.71. The van der Waals surface area contributed by atoms with E-state index < -0.39 is 6.10 Å². The smallest absolute Gasteiger partial charge is 0.128 e. The Morgan fingerprint density at radius 3 is 2.00 bits per heavy atom. The van der Waals surface area contributed by atoms with E-state index in [2.05, 4.69) is 27.7 Å². The Balaban J connectivity index is 2.89. The van der Waals surface area contributed by atoms with E-state index in [1.165, 1.54) is 0 Å². The fourth-order valence-corrected chi connectivity index (χ4v) is 2.84. The molecule has 2 atom stereocenters. The van der Waals surface area contributed by atoms with Gasteiger partial charge in [0.25, 0.3) is 0 Å². The standard InChI is InChI=1S/C17H28O3/c1-12(11-17(2,3)4)10-13(18)16-14(19-5)8-7-9-15(16)20-6/h7-9,12-13,18H,10-11H2,1-6H3. The van der Waals surface area contributed by atoms with Crippen molar-refractivity contribution in [2.24, 2.45) is 11.3 Å². The van der Waals surface area contributed by atoms with Crippen molar-refractivity contribution in [3.63, 3.8) is 0 Å². The van der Waals surface area contributed by atoms with E-state index in [1.807, 2.05) is 18.2 Å². The molecule has 114 valence electrons. The van der Waals surface area contributed by atoms with Crippen molar-refractivity contribution in [3.8, 4) is 11.5 Å². The number of benzene rings is 1. The van der Waals surface area contributed by atoms with Gasteiger partial charge in [-0.3, -0.25) is 0 Å². The van der Waals surface area contributed by atoms with Gasteiger partial charge in [0.1, 0.15) is 11.5 Å². The Bertz CT molecular complexity index is 398. The minimum atomic E-state index is -0.571. The molecule has 0 bridgehead atoms. The predicted octanol–water partition coefficient (Wildman–Crippen LogP) is 4.20. The molecular formula is C17H28O3. The third-order valence-electron chi connectivity index (χ3n) is 3.39. The van der Waals surface area contributed by atoms with Crippen molar-refractivity contribution in [1.82, 2.24) is 0 Å². The summed E-state index contributed by atoms with van der Waals surface area (Å²) in [7, 11) is 3.23. The van der Waals surface area contributed by atoms with E-state index in [9.17, 15) is 5.11 Å². The number of hydrogen-bond acceptors (Lipinski definition) is 3. The quantitative estimate of drug-likeness (QED) is 0.848. The Kier molecular flexibility index (Phi) is 5.88. The van der Waals surface area contributed by atoms with E-state index in [0.29, 0.717) is 23.8 Å². The number of aliphatic hydroxyl groups excluding tert-OH is 1. The normalized spacial score (nSPS) is 14.8. The fraction of sp³-hybridized carbons (Fsp3) is 0.647. The van der Waals surface area contributed by atoms with Crippen LogP contribution in [0.3, 0.4) is 0 Å². The van der Waals surface area contributed by atoms with Crippen LogP contribution < -0.4 is 9.47 Å². The lowest BCUT2D eigenvalue weighted by molar-refractivity contribution is 0.128. The molecule has 0 saturated heterocycles. The SMILES string of the molecule is COc1cccc(OC)c1C(O)CC(C)CC(C)(C)C. The second-order valence-electron chi connectivity index (χ2n) is 6.70. The van der Waals surface area contributed by atoms with Crippen LogP contribution in [0.25, 0.3) is 0 Å². The van der Waals surface area contributed by atoms with E-state index >= 15 is 0 Å². The summed E-state index contributed by atoms with van der Waals surface area (Å²) in [5.41, 5.74) is 1.02. The molecule has 0 aliphatic heterocycles. The van der Waals surface area contributed by atoms with Crippen LogP contribution in [0.1, 0.15) is 52.2 Å². The highest BCUT2D eigenvalue weighted by Gasteiger charge is 2.23. The Morgan fingerprint density at radius 2 is 1.60 bits per heavy atom. The molecule has 1 rings (SSSR count). The highest BCUT2D eigenvalue weighted by molar-refractivity contribution is 5.46. The molecule has 0 fully saturated rings. The monoisotopic (exact) mass is 280 g/mol. The zero-order valence-electron chi connectivity index (χ0n) is 13.6. The van der Waals surface area contributed by atoms with Crippen molar-refractivity contribution < 1.29 is 14.6 Å². The van der Waals surface area contributed by atoms with Crippen molar-refractivity contribution in [2.45, 2.75) is 46.6 Å². The van der Waals surface area contributed by atoms with Crippen LogP contribution in [-0.2, 0) is 0 Å². The molecule has 0 radical (unpaired) electrons. The van der Waals surface area contributed by atoms with Gasteiger partial charge in [-0.1, -0.05) is 33.8 Å². The molecule has 2 unspecified atom stereocenters. The lowest BCUT2D eigenvalue weighted by atomic mass is 9.82. The molecule has 3 heteroatoms. The van der Waals surface area contributed by atoms with Crippen LogP contribution in [0.2, 0.25) is 0 Å².